The molecule has 2 N–H and O–H groups in total. The van der Waals surface area contributed by atoms with Gasteiger partial charge >= 0.3 is 5.97 Å². The molecular formula is C17H19FN2O5. The number of hydrogen-bond acceptors (Lipinski definition) is 6. The van der Waals surface area contributed by atoms with Gasteiger partial charge in [-0.15, -0.1) is 0 Å². The number of carbonyl (C=O) groups excluding carboxylic acids is 3. The number of nitrogens with zero attached hydrogens (tertiary/aromatic N) is 1. The number of ether oxygens (including phenoxy) is 1. The molecule has 0 saturated carbocycles. The van der Waals surface area contributed by atoms with Crippen LogP contribution in [-0.4, -0.2) is 53.6 Å². The molecule has 2 aliphatic rings. The number of amides is 2. The Morgan fingerprint density at radius 1 is 1.32 bits per heavy atom. The highest BCUT2D eigenvalue weighted by Gasteiger charge is 2.68. The van der Waals surface area contributed by atoms with E-state index in [-0.39, 0.29) is 6.54 Å². The van der Waals surface area contributed by atoms with E-state index in [1.54, 1.807) is 6.92 Å². The van der Waals surface area contributed by atoms with Crippen molar-refractivity contribution in [2.45, 2.75) is 18.5 Å². The summed E-state index contributed by atoms with van der Waals surface area (Å²) in [5.74, 6) is -4.14. The first-order valence-electron chi connectivity index (χ1n) is 7.99. The maximum absolute atomic E-state index is 13.2. The van der Waals surface area contributed by atoms with E-state index >= 15 is 0 Å². The number of fused-ring (bicyclic) bond motifs is 1. The molecule has 2 saturated heterocycles. The van der Waals surface area contributed by atoms with Crippen molar-refractivity contribution in [1.82, 2.24) is 10.2 Å². The largest absolute Gasteiger partial charge is 0.468 e. The lowest BCUT2D eigenvalue weighted by atomic mass is 9.79. The van der Waals surface area contributed by atoms with E-state index < -0.39 is 53.6 Å². The molecule has 2 heterocycles. The smallest absolute Gasteiger partial charge is 0.329 e. The second kappa shape index (κ2) is 6.20. The van der Waals surface area contributed by atoms with Crippen molar-refractivity contribution in [3.05, 3.63) is 35.6 Å². The van der Waals surface area contributed by atoms with Gasteiger partial charge in [0.2, 0.25) is 11.8 Å². The first-order valence-corrected chi connectivity index (χ1v) is 7.99. The number of nitrogens with one attached hydrogen (secondary N) is 1. The quantitative estimate of drug-likeness (QED) is 0.586. The molecule has 4 unspecified atom stereocenters. The van der Waals surface area contributed by atoms with E-state index in [9.17, 15) is 23.9 Å². The lowest BCUT2D eigenvalue weighted by Gasteiger charge is -2.30. The number of benzene rings is 1. The van der Waals surface area contributed by atoms with Crippen LogP contribution < -0.4 is 5.32 Å². The molecule has 0 radical (unpaired) electrons. The summed E-state index contributed by atoms with van der Waals surface area (Å²) in [6.07, 6.45) is 0. The number of imide groups is 1. The van der Waals surface area contributed by atoms with Gasteiger partial charge in [0.1, 0.15) is 5.82 Å². The minimum absolute atomic E-state index is 0.170. The normalized spacial score (nSPS) is 31.4. The zero-order valence-electron chi connectivity index (χ0n) is 13.9. The number of hydrogen-bond donors (Lipinski definition) is 2. The van der Waals surface area contributed by atoms with Crippen molar-refractivity contribution in [3.63, 3.8) is 0 Å². The average molecular weight is 350 g/mol. The van der Waals surface area contributed by atoms with Gasteiger partial charge in [0.25, 0.3) is 0 Å². The van der Waals surface area contributed by atoms with Crippen molar-refractivity contribution in [2.75, 3.05) is 20.3 Å². The Morgan fingerprint density at radius 3 is 2.48 bits per heavy atom. The molecule has 8 heteroatoms. The fraction of sp³-hybridized carbons (Fsp3) is 0.471. The minimum Gasteiger partial charge on any atom is -0.468 e. The molecule has 0 aliphatic carbocycles. The zero-order chi connectivity index (χ0) is 18.4. The SMILES string of the molecule is CCN1C(=O)C2C(c3ccc(F)cc3)NC(CO)(C(=O)OC)C2C1=O. The molecule has 1 aromatic carbocycles. The van der Waals surface area contributed by atoms with Gasteiger partial charge in [-0.1, -0.05) is 12.1 Å². The number of esters is 1. The summed E-state index contributed by atoms with van der Waals surface area (Å²) >= 11 is 0. The van der Waals surface area contributed by atoms with Crippen LogP contribution in [0, 0.1) is 17.7 Å². The average Bonchev–Trinajstić information content (AvgIpc) is 3.10. The highest BCUT2D eigenvalue weighted by Crippen LogP contribution is 2.48. The third-order valence-electron chi connectivity index (χ3n) is 5.09. The second-order valence-corrected chi connectivity index (χ2v) is 6.22. The van der Waals surface area contributed by atoms with E-state index in [1.165, 1.54) is 24.3 Å². The Labute approximate surface area is 143 Å². The monoisotopic (exact) mass is 350 g/mol. The standard InChI is InChI=1S/C17H19FN2O5/c1-3-20-14(22)11-12(15(20)23)17(8-21,16(24)25-2)19-13(11)9-4-6-10(18)7-5-9/h4-7,11-13,19,21H,3,8H2,1-2H3. The molecule has 1 aromatic rings. The number of likely N-dealkylation sites (tertiary alicyclic amines) is 1. The summed E-state index contributed by atoms with van der Waals surface area (Å²) in [7, 11) is 1.15. The van der Waals surface area contributed by atoms with Crippen LogP contribution in [0.3, 0.4) is 0 Å². The van der Waals surface area contributed by atoms with Gasteiger partial charge in [-0.3, -0.25) is 19.8 Å². The summed E-state index contributed by atoms with van der Waals surface area (Å²) in [4.78, 5) is 39.0. The first kappa shape index (κ1) is 17.5. The fourth-order valence-corrected chi connectivity index (χ4v) is 3.91. The molecule has 0 bridgehead atoms. The summed E-state index contributed by atoms with van der Waals surface area (Å²) in [5, 5.41) is 12.9. The molecule has 0 aromatic heterocycles. The number of halogens is 1. The van der Waals surface area contributed by atoms with Gasteiger partial charge in [0.05, 0.1) is 25.6 Å². The maximum atomic E-state index is 13.2. The lowest BCUT2D eigenvalue weighted by molar-refractivity contribution is -0.156. The Hall–Kier alpha value is -2.32. The van der Waals surface area contributed by atoms with Crippen LogP contribution in [0.2, 0.25) is 0 Å². The summed E-state index contributed by atoms with van der Waals surface area (Å²) in [5.41, 5.74) is -1.16. The van der Waals surface area contributed by atoms with E-state index in [0.29, 0.717) is 5.56 Å². The zero-order valence-corrected chi connectivity index (χ0v) is 13.9. The summed E-state index contributed by atoms with van der Waals surface area (Å²) in [6.45, 7) is 1.13. The van der Waals surface area contributed by atoms with Crippen molar-refractivity contribution < 1.29 is 28.6 Å². The Morgan fingerprint density at radius 2 is 1.96 bits per heavy atom. The van der Waals surface area contributed by atoms with Gasteiger partial charge in [-0.2, -0.15) is 0 Å². The topological polar surface area (TPSA) is 95.9 Å². The van der Waals surface area contributed by atoms with E-state index in [4.69, 9.17) is 4.74 Å². The molecule has 2 aliphatic heterocycles. The van der Waals surface area contributed by atoms with Crippen LogP contribution in [0.5, 0.6) is 0 Å². The Kier molecular flexibility index (Phi) is 4.34. The first-order chi connectivity index (χ1) is 11.9. The van der Waals surface area contributed by atoms with Gasteiger partial charge in [-0.25, -0.2) is 9.18 Å². The van der Waals surface area contributed by atoms with Crippen LogP contribution in [0.1, 0.15) is 18.5 Å². The highest BCUT2D eigenvalue weighted by molar-refractivity contribution is 6.09. The maximum Gasteiger partial charge on any atom is 0.329 e. The van der Waals surface area contributed by atoms with Gasteiger partial charge in [0, 0.05) is 12.6 Å². The minimum atomic E-state index is -1.71. The molecule has 25 heavy (non-hydrogen) atoms. The molecule has 2 amide bonds. The van der Waals surface area contributed by atoms with Crippen molar-refractivity contribution in [1.29, 1.82) is 0 Å². The van der Waals surface area contributed by atoms with E-state index in [0.717, 1.165) is 12.0 Å². The van der Waals surface area contributed by atoms with Gasteiger partial charge in [-0.05, 0) is 24.6 Å². The third-order valence-corrected chi connectivity index (χ3v) is 5.09. The van der Waals surface area contributed by atoms with Crippen LogP contribution in [0.15, 0.2) is 24.3 Å². The number of aliphatic hydroxyl groups is 1. The number of methoxy groups -OCH3 is 1. The molecule has 134 valence electrons. The second-order valence-electron chi connectivity index (χ2n) is 6.22. The number of rotatable bonds is 4. The molecule has 7 nitrogen and oxygen atoms in total. The molecule has 2 fully saturated rings. The lowest BCUT2D eigenvalue weighted by Crippen LogP contribution is -2.58. The molecule has 0 spiro atoms. The predicted octanol–water partition coefficient (Wildman–Crippen LogP) is -0.00480. The summed E-state index contributed by atoms with van der Waals surface area (Å²) < 4.78 is 18.0. The number of carbonyl (C=O) groups is 3. The molecular weight excluding hydrogens is 331 g/mol. The predicted molar refractivity (Wildman–Crippen MR) is 83.5 cm³/mol. The Bertz CT molecular complexity index is 722. The fourth-order valence-electron chi connectivity index (χ4n) is 3.91. The molecule has 4 atom stereocenters. The van der Waals surface area contributed by atoms with Crippen molar-refractivity contribution in [3.8, 4) is 0 Å². The third kappa shape index (κ3) is 2.36. The van der Waals surface area contributed by atoms with Gasteiger partial charge in [0.15, 0.2) is 5.54 Å². The van der Waals surface area contributed by atoms with E-state index in [1.807, 2.05) is 0 Å². The van der Waals surface area contributed by atoms with Crippen LogP contribution in [0.25, 0.3) is 0 Å². The van der Waals surface area contributed by atoms with E-state index in [2.05, 4.69) is 5.32 Å². The van der Waals surface area contributed by atoms with Crippen LogP contribution in [0.4, 0.5) is 4.39 Å². The molecule has 3 rings (SSSR count). The van der Waals surface area contributed by atoms with Crippen LogP contribution >= 0.6 is 0 Å². The highest BCUT2D eigenvalue weighted by atomic mass is 19.1. The summed E-state index contributed by atoms with van der Waals surface area (Å²) in [6, 6.07) is 4.73. The number of aliphatic hydroxyl groups excluding tert-OH is 1. The van der Waals surface area contributed by atoms with Crippen LogP contribution in [-0.2, 0) is 19.1 Å². The van der Waals surface area contributed by atoms with Crippen molar-refractivity contribution in [2.24, 2.45) is 11.8 Å². The Balaban J connectivity index is 2.13. The van der Waals surface area contributed by atoms with Crippen molar-refractivity contribution >= 4 is 17.8 Å². The van der Waals surface area contributed by atoms with Gasteiger partial charge < -0.3 is 9.84 Å².